The second-order valence-corrected chi connectivity index (χ2v) is 6.12. The minimum absolute atomic E-state index is 0.121. The topological polar surface area (TPSA) is 88.3 Å². The summed E-state index contributed by atoms with van der Waals surface area (Å²) in [5.41, 5.74) is 6.07. The van der Waals surface area contributed by atoms with E-state index in [1.165, 1.54) is 12.3 Å². The maximum atomic E-state index is 12.0. The van der Waals surface area contributed by atoms with Crippen molar-refractivity contribution in [3.63, 3.8) is 0 Å². The first-order valence-electron chi connectivity index (χ1n) is 5.68. The molecule has 1 atom stereocenters. The number of likely N-dealkylation sites (N-methyl/N-ethyl adjacent to an activating group) is 1. The van der Waals surface area contributed by atoms with Crippen molar-refractivity contribution in [3.05, 3.63) is 24.0 Å². The average Bonchev–Trinajstić information content (AvgIpc) is 2.36. The van der Waals surface area contributed by atoms with Crippen LogP contribution in [0.3, 0.4) is 0 Å². The van der Waals surface area contributed by atoms with Crippen LogP contribution < -0.4 is 10.5 Å². The van der Waals surface area contributed by atoms with E-state index >= 15 is 0 Å². The maximum Gasteiger partial charge on any atom is 0.242 e. The molecule has 1 aromatic heterocycles. The van der Waals surface area contributed by atoms with E-state index in [4.69, 9.17) is 5.73 Å². The molecule has 1 heterocycles. The first kappa shape index (κ1) is 15.0. The van der Waals surface area contributed by atoms with Crippen molar-refractivity contribution in [1.82, 2.24) is 14.6 Å². The Hall–Kier alpha value is -1.02. The molecule has 0 aliphatic carbocycles. The van der Waals surface area contributed by atoms with Gasteiger partial charge in [-0.3, -0.25) is 4.98 Å². The number of nitrogens with zero attached hydrogens (tertiary/aromatic N) is 2. The van der Waals surface area contributed by atoms with Crippen molar-refractivity contribution in [3.8, 4) is 0 Å². The van der Waals surface area contributed by atoms with Crippen LogP contribution in [0.25, 0.3) is 0 Å². The van der Waals surface area contributed by atoms with Gasteiger partial charge in [-0.05, 0) is 33.2 Å². The molecule has 0 aliphatic heterocycles. The smallest absolute Gasteiger partial charge is 0.242 e. The summed E-state index contributed by atoms with van der Waals surface area (Å²) in [7, 11) is 0.305. The monoisotopic (exact) mass is 272 g/mol. The standard InChI is InChI=1S/C11H20N4O2S/c1-9(15(2)3)7-14-18(16,17)11-5-4-10(6-12)13-8-11/h4-5,8-9,14H,6-7,12H2,1-3H3. The van der Waals surface area contributed by atoms with Gasteiger partial charge in [0.2, 0.25) is 10.0 Å². The molecule has 7 heteroatoms. The number of rotatable bonds is 6. The van der Waals surface area contributed by atoms with Crippen LogP contribution in [0.2, 0.25) is 0 Å². The number of hydrogen-bond acceptors (Lipinski definition) is 5. The molecule has 18 heavy (non-hydrogen) atoms. The number of pyridine rings is 1. The second-order valence-electron chi connectivity index (χ2n) is 4.35. The van der Waals surface area contributed by atoms with Crippen LogP contribution in [0.4, 0.5) is 0 Å². The minimum Gasteiger partial charge on any atom is -0.325 e. The number of nitrogens with two attached hydrogens (primary N) is 1. The Morgan fingerprint density at radius 1 is 1.44 bits per heavy atom. The van der Waals surface area contributed by atoms with Gasteiger partial charge in [0.25, 0.3) is 0 Å². The van der Waals surface area contributed by atoms with Crippen molar-refractivity contribution in [2.75, 3.05) is 20.6 Å². The number of nitrogens with one attached hydrogen (secondary N) is 1. The molecule has 102 valence electrons. The van der Waals surface area contributed by atoms with Gasteiger partial charge >= 0.3 is 0 Å². The molecule has 0 radical (unpaired) electrons. The summed E-state index contributed by atoms with van der Waals surface area (Å²) >= 11 is 0. The molecule has 6 nitrogen and oxygen atoms in total. The van der Waals surface area contributed by atoms with Gasteiger partial charge in [0.15, 0.2) is 0 Å². The summed E-state index contributed by atoms with van der Waals surface area (Å²) in [6.45, 7) is 2.59. The molecule has 1 unspecified atom stereocenters. The fourth-order valence-electron chi connectivity index (χ4n) is 1.19. The van der Waals surface area contributed by atoms with Crippen LogP contribution in [0.15, 0.2) is 23.2 Å². The van der Waals surface area contributed by atoms with E-state index in [2.05, 4.69) is 9.71 Å². The number of hydrogen-bond donors (Lipinski definition) is 2. The zero-order valence-electron chi connectivity index (χ0n) is 10.9. The third-order valence-corrected chi connectivity index (χ3v) is 4.18. The van der Waals surface area contributed by atoms with Gasteiger partial charge in [-0.25, -0.2) is 13.1 Å². The molecule has 1 rings (SSSR count). The quantitative estimate of drug-likeness (QED) is 0.747. The maximum absolute atomic E-state index is 12.0. The highest BCUT2D eigenvalue weighted by Gasteiger charge is 2.16. The highest BCUT2D eigenvalue weighted by Crippen LogP contribution is 2.07. The number of aromatic nitrogens is 1. The molecule has 0 amide bonds. The highest BCUT2D eigenvalue weighted by molar-refractivity contribution is 7.89. The van der Waals surface area contributed by atoms with Gasteiger partial charge in [-0.15, -0.1) is 0 Å². The Kier molecular flexibility index (Phi) is 5.21. The Morgan fingerprint density at radius 3 is 2.56 bits per heavy atom. The van der Waals surface area contributed by atoms with E-state index in [0.717, 1.165) is 0 Å². The molecule has 0 saturated heterocycles. The fraction of sp³-hybridized carbons (Fsp3) is 0.545. The predicted molar refractivity (Wildman–Crippen MR) is 70.5 cm³/mol. The number of sulfonamides is 1. The molecule has 0 aliphatic rings. The van der Waals surface area contributed by atoms with Gasteiger partial charge in [-0.2, -0.15) is 0 Å². The molecule has 1 aromatic rings. The normalized spacial score (nSPS) is 13.8. The van der Waals surface area contributed by atoms with Crippen molar-refractivity contribution in [1.29, 1.82) is 0 Å². The first-order valence-corrected chi connectivity index (χ1v) is 7.16. The highest BCUT2D eigenvalue weighted by atomic mass is 32.2. The van der Waals surface area contributed by atoms with E-state index in [-0.39, 0.29) is 10.9 Å². The summed E-state index contributed by atoms with van der Waals surface area (Å²) in [6, 6.07) is 3.25. The predicted octanol–water partition coefficient (Wildman–Crippen LogP) is -0.231. The Morgan fingerprint density at radius 2 is 2.11 bits per heavy atom. The van der Waals surface area contributed by atoms with Gasteiger partial charge < -0.3 is 10.6 Å². The lowest BCUT2D eigenvalue weighted by Crippen LogP contribution is -2.38. The van der Waals surface area contributed by atoms with Crippen molar-refractivity contribution >= 4 is 10.0 Å². The van der Waals surface area contributed by atoms with Gasteiger partial charge in [0, 0.05) is 25.3 Å². The third kappa shape index (κ3) is 4.02. The van der Waals surface area contributed by atoms with E-state index in [1.54, 1.807) is 6.07 Å². The molecular weight excluding hydrogens is 252 g/mol. The first-order chi connectivity index (χ1) is 8.36. The fourth-order valence-corrected chi connectivity index (χ4v) is 2.25. The molecule has 0 bridgehead atoms. The molecule has 0 fully saturated rings. The minimum atomic E-state index is -3.49. The SMILES string of the molecule is CC(CNS(=O)(=O)c1ccc(CN)nc1)N(C)C. The van der Waals surface area contributed by atoms with Crippen LogP contribution in [0.5, 0.6) is 0 Å². The second kappa shape index (κ2) is 6.24. The zero-order valence-corrected chi connectivity index (χ0v) is 11.7. The summed E-state index contributed by atoms with van der Waals surface area (Å²) in [5.74, 6) is 0. The van der Waals surface area contributed by atoms with Crippen LogP contribution in [-0.4, -0.2) is 45.0 Å². The summed E-state index contributed by atoms with van der Waals surface area (Å²) in [4.78, 5) is 6.07. The van der Waals surface area contributed by atoms with Gasteiger partial charge in [0.05, 0.1) is 5.69 Å². The Balaban J connectivity index is 2.73. The molecule has 0 saturated carbocycles. The molecule has 0 spiro atoms. The van der Waals surface area contributed by atoms with E-state index in [9.17, 15) is 8.42 Å². The van der Waals surface area contributed by atoms with Gasteiger partial charge in [-0.1, -0.05) is 0 Å². The lowest BCUT2D eigenvalue weighted by atomic mass is 10.3. The molecule has 0 aromatic carbocycles. The Bertz CT molecular complexity index is 470. The van der Waals surface area contributed by atoms with E-state index in [1.807, 2.05) is 25.9 Å². The largest absolute Gasteiger partial charge is 0.325 e. The van der Waals surface area contributed by atoms with E-state index in [0.29, 0.717) is 18.8 Å². The van der Waals surface area contributed by atoms with Crippen LogP contribution in [0.1, 0.15) is 12.6 Å². The van der Waals surface area contributed by atoms with Crippen LogP contribution in [0, 0.1) is 0 Å². The van der Waals surface area contributed by atoms with Crippen molar-refractivity contribution < 1.29 is 8.42 Å². The van der Waals surface area contributed by atoms with Crippen molar-refractivity contribution in [2.45, 2.75) is 24.4 Å². The lowest BCUT2D eigenvalue weighted by Gasteiger charge is -2.19. The van der Waals surface area contributed by atoms with E-state index < -0.39 is 10.0 Å². The summed E-state index contributed by atoms with van der Waals surface area (Å²) in [6.07, 6.45) is 1.32. The molecular formula is C11H20N4O2S. The van der Waals surface area contributed by atoms with Gasteiger partial charge in [0.1, 0.15) is 4.90 Å². The van der Waals surface area contributed by atoms with Crippen LogP contribution in [-0.2, 0) is 16.6 Å². The molecule has 3 N–H and O–H groups in total. The average molecular weight is 272 g/mol. The summed E-state index contributed by atoms with van der Waals surface area (Å²) in [5, 5.41) is 0. The Labute approximate surface area is 108 Å². The lowest BCUT2D eigenvalue weighted by molar-refractivity contribution is 0.314. The zero-order chi connectivity index (χ0) is 13.8. The third-order valence-electron chi connectivity index (χ3n) is 2.77. The van der Waals surface area contributed by atoms with Crippen LogP contribution >= 0.6 is 0 Å². The summed E-state index contributed by atoms with van der Waals surface area (Å²) < 4.78 is 26.5. The van der Waals surface area contributed by atoms with Crippen molar-refractivity contribution in [2.24, 2.45) is 5.73 Å².